The lowest BCUT2D eigenvalue weighted by Crippen LogP contribution is -2.44. The molecule has 1 fully saturated rings. The van der Waals surface area contributed by atoms with Crippen molar-refractivity contribution in [3.8, 4) is 0 Å². The molecule has 2 aromatic heterocycles. The second-order valence-electron chi connectivity index (χ2n) is 4.71. The van der Waals surface area contributed by atoms with E-state index in [9.17, 15) is 4.79 Å². The predicted octanol–water partition coefficient (Wildman–Crippen LogP) is 2.90. The van der Waals surface area contributed by atoms with Crippen molar-refractivity contribution < 1.29 is 9.90 Å². The Morgan fingerprint density at radius 2 is 2.40 bits per heavy atom. The van der Waals surface area contributed by atoms with Gasteiger partial charge in [-0.15, -0.1) is 21.5 Å². The predicted molar refractivity (Wildman–Crippen MR) is 78.7 cm³/mol. The molecule has 0 spiro atoms. The lowest BCUT2D eigenvalue weighted by Gasteiger charge is -2.31. The molecule has 8 heteroatoms. The van der Waals surface area contributed by atoms with Crippen LogP contribution in [0.2, 0.25) is 5.15 Å². The van der Waals surface area contributed by atoms with Crippen molar-refractivity contribution in [3.05, 3.63) is 16.6 Å². The summed E-state index contributed by atoms with van der Waals surface area (Å²) in [4.78, 5) is 12.4. The van der Waals surface area contributed by atoms with Gasteiger partial charge in [0.25, 0.3) is 0 Å². The first kappa shape index (κ1) is 13.4. The quantitative estimate of drug-likeness (QED) is 0.891. The highest BCUT2D eigenvalue weighted by Gasteiger charge is 2.24. The highest BCUT2D eigenvalue weighted by Crippen LogP contribution is 2.31. The van der Waals surface area contributed by atoms with Gasteiger partial charge in [-0.05, 0) is 24.3 Å². The van der Waals surface area contributed by atoms with E-state index in [1.54, 1.807) is 0 Å². The molecule has 3 rings (SSSR count). The number of rotatable bonds is 2. The van der Waals surface area contributed by atoms with Crippen molar-refractivity contribution in [2.75, 3.05) is 18.4 Å². The number of carbonyl (C=O) groups is 1. The summed E-state index contributed by atoms with van der Waals surface area (Å²) < 4.78 is 0.898. The van der Waals surface area contributed by atoms with Gasteiger partial charge in [-0.1, -0.05) is 11.6 Å². The van der Waals surface area contributed by atoms with Gasteiger partial charge in [0.2, 0.25) is 0 Å². The molecule has 0 bridgehead atoms. The van der Waals surface area contributed by atoms with E-state index in [4.69, 9.17) is 16.7 Å². The first-order valence-corrected chi connectivity index (χ1v) is 7.54. The highest BCUT2D eigenvalue weighted by atomic mass is 35.5. The number of hydrogen-bond donors (Lipinski definition) is 2. The molecule has 0 radical (unpaired) electrons. The average molecular weight is 313 g/mol. The molecule has 1 aliphatic heterocycles. The summed E-state index contributed by atoms with van der Waals surface area (Å²) in [6.45, 7) is 1.05. The summed E-state index contributed by atoms with van der Waals surface area (Å²) in [6.07, 6.45) is 0.886. The van der Waals surface area contributed by atoms with Gasteiger partial charge in [-0.3, -0.25) is 0 Å². The first-order valence-electron chi connectivity index (χ1n) is 6.29. The summed E-state index contributed by atoms with van der Waals surface area (Å²) in [6, 6.07) is 2.00. The number of nitrogens with zero attached hydrogens (tertiary/aromatic N) is 3. The number of hydrogen-bond acceptors (Lipinski definition) is 5. The Morgan fingerprint density at radius 1 is 1.55 bits per heavy atom. The zero-order valence-electron chi connectivity index (χ0n) is 10.5. The van der Waals surface area contributed by atoms with Crippen molar-refractivity contribution >= 4 is 44.9 Å². The maximum atomic E-state index is 11.0. The number of likely N-dealkylation sites (tertiary alicyclic amines) is 1. The zero-order chi connectivity index (χ0) is 14.1. The minimum absolute atomic E-state index is 0.0541. The van der Waals surface area contributed by atoms with Crippen molar-refractivity contribution in [2.45, 2.75) is 18.9 Å². The molecule has 3 heterocycles. The lowest BCUT2D eigenvalue weighted by molar-refractivity contribution is 0.133. The Labute approximate surface area is 124 Å². The second-order valence-corrected chi connectivity index (χ2v) is 5.99. The molecule has 0 aromatic carbocycles. The van der Waals surface area contributed by atoms with Crippen molar-refractivity contribution in [1.29, 1.82) is 0 Å². The Morgan fingerprint density at radius 3 is 3.20 bits per heavy atom. The third-order valence-corrected chi connectivity index (χ3v) is 4.68. The molecule has 20 heavy (non-hydrogen) atoms. The van der Waals surface area contributed by atoms with Crippen molar-refractivity contribution in [2.24, 2.45) is 0 Å². The largest absolute Gasteiger partial charge is 0.465 e. The van der Waals surface area contributed by atoms with Gasteiger partial charge >= 0.3 is 6.09 Å². The molecule has 1 amide bonds. The SMILES string of the molecule is O=C(O)N1CCCC(Nc2nnc(Cl)c3sccc23)C1. The number of amides is 1. The molecule has 1 aliphatic rings. The van der Waals surface area contributed by atoms with Gasteiger partial charge in [-0.2, -0.15) is 0 Å². The number of anilines is 1. The van der Waals surface area contributed by atoms with Gasteiger partial charge < -0.3 is 15.3 Å². The molecule has 1 atom stereocenters. The fourth-order valence-corrected chi connectivity index (χ4v) is 3.46. The first-order chi connectivity index (χ1) is 9.65. The molecule has 1 saturated heterocycles. The summed E-state index contributed by atoms with van der Waals surface area (Å²) in [7, 11) is 0. The second kappa shape index (κ2) is 5.41. The maximum absolute atomic E-state index is 11.0. The normalized spacial score (nSPS) is 19.2. The van der Waals surface area contributed by atoms with Gasteiger partial charge in [-0.25, -0.2) is 4.79 Å². The van der Waals surface area contributed by atoms with Gasteiger partial charge in [0, 0.05) is 24.5 Å². The Balaban J connectivity index is 1.81. The Kier molecular flexibility index (Phi) is 3.62. The lowest BCUT2D eigenvalue weighted by atomic mass is 10.1. The van der Waals surface area contributed by atoms with Crippen LogP contribution in [0.5, 0.6) is 0 Å². The van der Waals surface area contributed by atoms with E-state index < -0.39 is 6.09 Å². The van der Waals surface area contributed by atoms with Crippen LogP contribution in [0.4, 0.5) is 10.6 Å². The minimum Gasteiger partial charge on any atom is -0.465 e. The molecular formula is C12H13ClN4O2S. The van der Waals surface area contributed by atoms with E-state index in [1.807, 2.05) is 11.4 Å². The van der Waals surface area contributed by atoms with Gasteiger partial charge in [0.05, 0.1) is 4.70 Å². The van der Waals surface area contributed by atoms with Crippen LogP contribution in [0, 0.1) is 0 Å². The zero-order valence-corrected chi connectivity index (χ0v) is 12.1. The van der Waals surface area contributed by atoms with E-state index in [0.29, 0.717) is 24.1 Å². The van der Waals surface area contributed by atoms with Crippen LogP contribution in [-0.4, -0.2) is 45.4 Å². The minimum atomic E-state index is -0.876. The molecule has 0 aliphatic carbocycles. The molecule has 2 aromatic rings. The summed E-state index contributed by atoms with van der Waals surface area (Å²) in [5, 5.41) is 23.6. The van der Waals surface area contributed by atoms with Crippen LogP contribution in [-0.2, 0) is 0 Å². The van der Waals surface area contributed by atoms with E-state index in [0.717, 1.165) is 22.9 Å². The number of fused-ring (bicyclic) bond motifs is 1. The molecule has 2 N–H and O–H groups in total. The van der Waals surface area contributed by atoms with Crippen LogP contribution in [0.3, 0.4) is 0 Å². The summed E-state index contributed by atoms with van der Waals surface area (Å²) in [5.41, 5.74) is 0. The van der Waals surface area contributed by atoms with Crippen LogP contribution in [0.25, 0.3) is 10.1 Å². The number of aromatic nitrogens is 2. The van der Waals surface area contributed by atoms with Gasteiger partial charge in [0.15, 0.2) is 11.0 Å². The Bertz CT molecular complexity index is 647. The fourth-order valence-electron chi connectivity index (χ4n) is 2.42. The molecule has 0 saturated carbocycles. The summed E-state index contributed by atoms with van der Waals surface area (Å²) >= 11 is 7.52. The fraction of sp³-hybridized carbons (Fsp3) is 0.417. The number of nitrogens with one attached hydrogen (secondary N) is 1. The maximum Gasteiger partial charge on any atom is 0.407 e. The smallest absolute Gasteiger partial charge is 0.407 e. The van der Waals surface area contributed by atoms with Crippen LogP contribution >= 0.6 is 22.9 Å². The Hall–Kier alpha value is -1.60. The van der Waals surface area contributed by atoms with E-state index in [-0.39, 0.29) is 6.04 Å². The third kappa shape index (κ3) is 2.51. The summed E-state index contributed by atoms with van der Waals surface area (Å²) in [5.74, 6) is 0.669. The number of thiophene rings is 1. The third-order valence-electron chi connectivity index (χ3n) is 3.38. The number of halogens is 1. The van der Waals surface area contributed by atoms with Gasteiger partial charge in [0.1, 0.15) is 0 Å². The van der Waals surface area contributed by atoms with E-state index in [1.165, 1.54) is 16.2 Å². The molecule has 6 nitrogen and oxygen atoms in total. The van der Waals surface area contributed by atoms with Crippen LogP contribution in [0.15, 0.2) is 11.4 Å². The van der Waals surface area contributed by atoms with Crippen molar-refractivity contribution in [1.82, 2.24) is 15.1 Å². The average Bonchev–Trinajstić information content (AvgIpc) is 2.93. The standard InChI is InChI=1S/C12H13ClN4O2S/c13-10-9-8(3-5-20-9)11(16-15-10)14-7-2-1-4-17(6-7)12(18)19/h3,5,7H,1-2,4,6H2,(H,14,16)(H,18,19). The topological polar surface area (TPSA) is 78.4 Å². The van der Waals surface area contributed by atoms with Crippen molar-refractivity contribution in [3.63, 3.8) is 0 Å². The molecule has 1 unspecified atom stereocenters. The number of carboxylic acid groups (broad SMARTS) is 1. The van der Waals surface area contributed by atoms with E-state index in [2.05, 4.69) is 15.5 Å². The monoisotopic (exact) mass is 312 g/mol. The number of piperidine rings is 1. The highest BCUT2D eigenvalue weighted by molar-refractivity contribution is 7.17. The van der Waals surface area contributed by atoms with Crippen LogP contribution in [0.1, 0.15) is 12.8 Å². The molecule has 106 valence electrons. The van der Waals surface area contributed by atoms with E-state index >= 15 is 0 Å². The van der Waals surface area contributed by atoms with Crippen LogP contribution < -0.4 is 5.32 Å². The molecular weight excluding hydrogens is 300 g/mol.